The summed E-state index contributed by atoms with van der Waals surface area (Å²) in [6.45, 7) is 5.26. The summed E-state index contributed by atoms with van der Waals surface area (Å²) < 4.78 is 5.41. The molecule has 0 atom stereocenters. The Morgan fingerprint density at radius 3 is 2.52 bits per heavy atom. The largest absolute Gasteiger partial charge is 0.495 e. The maximum absolute atomic E-state index is 11.9. The molecule has 0 saturated carbocycles. The van der Waals surface area contributed by atoms with Gasteiger partial charge < -0.3 is 20.7 Å². The number of rotatable bonds is 4. The second kappa shape index (κ2) is 6.35. The van der Waals surface area contributed by atoms with E-state index in [4.69, 9.17) is 10.5 Å². The zero-order valence-corrected chi connectivity index (χ0v) is 13.1. The molecule has 2 rings (SSSR count). The monoisotopic (exact) mass is 291 g/mol. The van der Waals surface area contributed by atoms with Gasteiger partial charge in [-0.15, -0.1) is 0 Å². The molecule has 1 aliphatic heterocycles. The standard InChI is InChI=1S/C16H25N3O2/c1-16(2,17)15(20)18-12-8-10-19(11-9-12)13-6-4-5-7-14(13)21-3/h4-7,12H,8-11,17H2,1-3H3,(H,18,20). The molecule has 1 amide bonds. The number of nitrogens with one attached hydrogen (secondary N) is 1. The highest BCUT2D eigenvalue weighted by atomic mass is 16.5. The molecule has 3 N–H and O–H groups in total. The van der Waals surface area contributed by atoms with Crippen LogP contribution in [0.1, 0.15) is 26.7 Å². The van der Waals surface area contributed by atoms with E-state index in [9.17, 15) is 4.79 Å². The third-order valence-corrected chi connectivity index (χ3v) is 3.84. The molecule has 5 heteroatoms. The van der Waals surface area contributed by atoms with Crippen molar-refractivity contribution < 1.29 is 9.53 Å². The molecule has 0 radical (unpaired) electrons. The van der Waals surface area contributed by atoms with E-state index in [1.165, 1.54) is 0 Å². The number of nitrogens with two attached hydrogens (primary N) is 1. The lowest BCUT2D eigenvalue weighted by molar-refractivity contribution is -0.126. The zero-order chi connectivity index (χ0) is 15.5. The number of ether oxygens (including phenoxy) is 1. The van der Waals surface area contributed by atoms with Crippen molar-refractivity contribution in [1.82, 2.24) is 5.32 Å². The fourth-order valence-corrected chi connectivity index (χ4v) is 2.53. The number of amides is 1. The van der Waals surface area contributed by atoms with Crippen molar-refractivity contribution in [2.45, 2.75) is 38.3 Å². The van der Waals surface area contributed by atoms with E-state index in [-0.39, 0.29) is 11.9 Å². The average molecular weight is 291 g/mol. The fourth-order valence-electron chi connectivity index (χ4n) is 2.53. The van der Waals surface area contributed by atoms with Gasteiger partial charge in [-0.05, 0) is 38.8 Å². The van der Waals surface area contributed by atoms with E-state index in [2.05, 4.69) is 16.3 Å². The Morgan fingerprint density at radius 2 is 1.95 bits per heavy atom. The van der Waals surface area contributed by atoms with Crippen LogP contribution in [0.4, 0.5) is 5.69 Å². The predicted octanol–water partition coefficient (Wildman–Crippen LogP) is 1.52. The molecule has 1 saturated heterocycles. The molecule has 0 aliphatic carbocycles. The Bertz CT molecular complexity index is 489. The van der Waals surface area contributed by atoms with Gasteiger partial charge in [0.05, 0.1) is 18.3 Å². The van der Waals surface area contributed by atoms with Crippen LogP contribution in [-0.2, 0) is 4.79 Å². The van der Waals surface area contributed by atoms with E-state index in [0.717, 1.165) is 37.4 Å². The molecule has 1 aliphatic rings. The smallest absolute Gasteiger partial charge is 0.239 e. The van der Waals surface area contributed by atoms with Gasteiger partial charge in [-0.1, -0.05) is 12.1 Å². The van der Waals surface area contributed by atoms with Crippen molar-refractivity contribution in [3.8, 4) is 5.75 Å². The Hall–Kier alpha value is -1.75. The van der Waals surface area contributed by atoms with E-state index in [1.54, 1.807) is 21.0 Å². The number of piperidine rings is 1. The van der Waals surface area contributed by atoms with Crippen molar-refractivity contribution in [2.75, 3.05) is 25.1 Å². The number of methoxy groups -OCH3 is 1. The van der Waals surface area contributed by atoms with Crippen LogP contribution >= 0.6 is 0 Å². The molecule has 1 fully saturated rings. The summed E-state index contributed by atoms with van der Waals surface area (Å²) in [7, 11) is 1.69. The van der Waals surface area contributed by atoms with Gasteiger partial charge in [0, 0.05) is 19.1 Å². The number of anilines is 1. The molecular formula is C16H25N3O2. The first-order chi connectivity index (χ1) is 9.91. The van der Waals surface area contributed by atoms with Crippen molar-refractivity contribution in [2.24, 2.45) is 5.73 Å². The lowest BCUT2D eigenvalue weighted by Gasteiger charge is -2.35. The van der Waals surface area contributed by atoms with Gasteiger partial charge in [0.25, 0.3) is 0 Å². The number of nitrogens with zero attached hydrogens (tertiary/aromatic N) is 1. The first-order valence-corrected chi connectivity index (χ1v) is 7.39. The molecule has 0 spiro atoms. The van der Waals surface area contributed by atoms with Gasteiger partial charge in [-0.3, -0.25) is 4.79 Å². The summed E-state index contributed by atoms with van der Waals surface area (Å²) in [5.41, 5.74) is 6.11. The topological polar surface area (TPSA) is 67.6 Å². The van der Waals surface area contributed by atoms with E-state index >= 15 is 0 Å². The van der Waals surface area contributed by atoms with Gasteiger partial charge in [0.15, 0.2) is 0 Å². The summed E-state index contributed by atoms with van der Waals surface area (Å²) in [5.74, 6) is 0.807. The second-order valence-corrected chi connectivity index (χ2v) is 6.13. The summed E-state index contributed by atoms with van der Waals surface area (Å²) in [6.07, 6.45) is 1.83. The maximum atomic E-state index is 11.9. The van der Waals surface area contributed by atoms with Crippen LogP contribution in [0, 0.1) is 0 Å². The minimum atomic E-state index is -0.820. The van der Waals surface area contributed by atoms with Crippen molar-refractivity contribution in [3.05, 3.63) is 24.3 Å². The van der Waals surface area contributed by atoms with Gasteiger partial charge in [0.2, 0.25) is 5.91 Å². The van der Waals surface area contributed by atoms with Gasteiger partial charge in [0.1, 0.15) is 5.75 Å². The first kappa shape index (κ1) is 15.6. The average Bonchev–Trinajstić information content (AvgIpc) is 2.47. The highest BCUT2D eigenvalue weighted by molar-refractivity contribution is 5.85. The molecule has 1 heterocycles. The highest BCUT2D eigenvalue weighted by Gasteiger charge is 2.27. The Kier molecular flexibility index (Phi) is 4.73. The first-order valence-electron chi connectivity index (χ1n) is 7.39. The number of benzene rings is 1. The summed E-state index contributed by atoms with van der Waals surface area (Å²) in [4.78, 5) is 14.2. The Labute approximate surface area is 126 Å². The third-order valence-electron chi connectivity index (χ3n) is 3.84. The number of para-hydroxylation sites is 2. The van der Waals surface area contributed by atoms with Crippen molar-refractivity contribution >= 4 is 11.6 Å². The molecular weight excluding hydrogens is 266 g/mol. The highest BCUT2D eigenvalue weighted by Crippen LogP contribution is 2.29. The molecule has 5 nitrogen and oxygen atoms in total. The second-order valence-electron chi connectivity index (χ2n) is 6.13. The summed E-state index contributed by atoms with van der Waals surface area (Å²) >= 11 is 0. The summed E-state index contributed by atoms with van der Waals surface area (Å²) in [6, 6.07) is 8.23. The van der Waals surface area contributed by atoms with Gasteiger partial charge in [-0.2, -0.15) is 0 Å². The van der Waals surface area contributed by atoms with E-state index in [0.29, 0.717) is 0 Å². The van der Waals surface area contributed by atoms with Crippen LogP contribution in [0.3, 0.4) is 0 Å². The van der Waals surface area contributed by atoms with Gasteiger partial charge in [-0.25, -0.2) is 0 Å². The molecule has 0 aromatic heterocycles. The molecule has 1 aromatic rings. The quantitative estimate of drug-likeness (QED) is 0.882. The minimum absolute atomic E-state index is 0.0850. The fraction of sp³-hybridized carbons (Fsp3) is 0.562. The van der Waals surface area contributed by atoms with E-state index < -0.39 is 5.54 Å². The van der Waals surface area contributed by atoms with Crippen molar-refractivity contribution in [3.63, 3.8) is 0 Å². The number of hydrogen-bond acceptors (Lipinski definition) is 4. The number of carbonyl (C=O) groups is 1. The molecule has 21 heavy (non-hydrogen) atoms. The predicted molar refractivity (Wildman–Crippen MR) is 84.6 cm³/mol. The number of hydrogen-bond donors (Lipinski definition) is 2. The normalized spacial score (nSPS) is 16.7. The minimum Gasteiger partial charge on any atom is -0.495 e. The van der Waals surface area contributed by atoms with E-state index in [1.807, 2.05) is 18.2 Å². The Morgan fingerprint density at radius 1 is 1.33 bits per heavy atom. The lowest BCUT2D eigenvalue weighted by Crippen LogP contribution is -2.54. The van der Waals surface area contributed by atoms with Crippen LogP contribution in [0.15, 0.2) is 24.3 Å². The van der Waals surface area contributed by atoms with Crippen LogP contribution in [0.25, 0.3) is 0 Å². The van der Waals surface area contributed by atoms with Gasteiger partial charge >= 0.3 is 0 Å². The zero-order valence-electron chi connectivity index (χ0n) is 13.1. The molecule has 0 bridgehead atoms. The SMILES string of the molecule is COc1ccccc1N1CCC(NC(=O)C(C)(C)N)CC1. The van der Waals surface area contributed by atoms with Crippen molar-refractivity contribution in [1.29, 1.82) is 0 Å². The van der Waals surface area contributed by atoms with Crippen LogP contribution in [0.5, 0.6) is 5.75 Å². The molecule has 1 aromatic carbocycles. The molecule has 0 unspecified atom stereocenters. The number of carbonyl (C=O) groups excluding carboxylic acids is 1. The summed E-state index contributed by atoms with van der Waals surface area (Å²) in [5, 5.41) is 3.04. The van der Waals surface area contributed by atoms with Crippen LogP contribution < -0.4 is 20.7 Å². The maximum Gasteiger partial charge on any atom is 0.239 e. The molecule has 116 valence electrons. The van der Waals surface area contributed by atoms with Crippen LogP contribution in [0.2, 0.25) is 0 Å². The lowest BCUT2D eigenvalue weighted by atomic mass is 10.0. The Balaban J connectivity index is 1.93. The third kappa shape index (κ3) is 3.88. The van der Waals surface area contributed by atoms with Crippen LogP contribution in [-0.4, -0.2) is 37.7 Å².